The molecule has 0 fully saturated rings. The van der Waals surface area contributed by atoms with Gasteiger partial charge >= 0.3 is 13.1 Å². The number of hydrogen-bond donors (Lipinski definition) is 6. The van der Waals surface area contributed by atoms with Gasteiger partial charge in [0, 0.05) is 17.3 Å². The number of aliphatic hydroxyl groups excluding tert-OH is 3. The van der Waals surface area contributed by atoms with Crippen LogP contribution >= 0.6 is 0 Å². The molecule has 0 spiro atoms. The Morgan fingerprint density at radius 3 is 2.57 bits per heavy atom. The molecule has 2 atom stereocenters. The lowest BCUT2D eigenvalue weighted by Crippen LogP contribution is -2.30. The number of carbonyl (C=O) groups is 1. The SMILES string of the molecule is O=C1OC(O)CC(O)=C1C(O)c1cccc(NS(=O)(=O)c2ccc(B(O)O)cn2)c1. The monoisotopic (exact) mass is 436 g/mol. The molecule has 0 radical (unpaired) electrons. The molecule has 1 aromatic carbocycles. The van der Waals surface area contributed by atoms with Crippen molar-refractivity contribution in [1.29, 1.82) is 0 Å². The lowest BCUT2D eigenvalue weighted by Gasteiger charge is -2.23. The van der Waals surface area contributed by atoms with Gasteiger partial charge in [-0.2, -0.15) is 8.42 Å². The molecule has 158 valence electrons. The van der Waals surface area contributed by atoms with E-state index in [-0.39, 0.29) is 28.2 Å². The van der Waals surface area contributed by atoms with E-state index in [9.17, 15) is 28.5 Å². The Bertz CT molecular complexity index is 1090. The van der Waals surface area contributed by atoms with Gasteiger partial charge < -0.3 is 30.1 Å². The number of sulfonamides is 1. The van der Waals surface area contributed by atoms with Gasteiger partial charge in [-0.3, -0.25) is 4.72 Å². The van der Waals surface area contributed by atoms with E-state index in [1.54, 1.807) is 0 Å². The number of pyridine rings is 1. The molecule has 0 bridgehead atoms. The molecule has 0 amide bonds. The topological polar surface area (TPSA) is 187 Å². The molecule has 13 heteroatoms. The summed E-state index contributed by atoms with van der Waals surface area (Å²) in [6.07, 6.45) is -2.53. The van der Waals surface area contributed by atoms with Crippen LogP contribution < -0.4 is 10.2 Å². The molecular weight excluding hydrogens is 419 g/mol. The Labute approximate surface area is 171 Å². The first-order valence-electron chi connectivity index (χ1n) is 8.52. The van der Waals surface area contributed by atoms with Crippen molar-refractivity contribution in [2.45, 2.75) is 23.8 Å². The number of nitrogens with zero attached hydrogens (tertiary/aromatic N) is 1. The van der Waals surface area contributed by atoms with Crippen LogP contribution in [0.2, 0.25) is 0 Å². The molecule has 0 saturated carbocycles. The van der Waals surface area contributed by atoms with Gasteiger partial charge in [-0.15, -0.1) is 0 Å². The predicted molar refractivity (Wildman–Crippen MR) is 103 cm³/mol. The molecule has 1 aliphatic rings. The third-order valence-corrected chi connectivity index (χ3v) is 5.50. The quantitative estimate of drug-likeness (QED) is 0.234. The second-order valence-corrected chi connectivity index (χ2v) is 7.99. The van der Waals surface area contributed by atoms with E-state index in [0.717, 1.165) is 12.3 Å². The lowest BCUT2D eigenvalue weighted by molar-refractivity contribution is -0.168. The van der Waals surface area contributed by atoms with E-state index in [4.69, 9.17) is 10.0 Å². The zero-order chi connectivity index (χ0) is 22.1. The van der Waals surface area contributed by atoms with Crippen LogP contribution in [0.15, 0.2) is 59.0 Å². The van der Waals surface area contributed by atoms with E-state index in [1.807, 2.05) is 0 Å². The van der Waals surface area contributed by atoms with Crippen LogP contribution in [0.4, 0.5) is 5.69 Å². The van der Waals surface area contributed by atoms with Gasteiger partial charge in [-0.25, -0.2) is 9.78 Å². The minimum Gasteiger partial charge on any atom is -0.511 e. The van der Waals surface area contributed by atoms with Gasteiger partial charge in [-0.05, 0) is 23.8 Å². The maximum absolute atomic E-state index is 12.5. The fraction of sp³-hybridized carbons (Fsp3) is 0.176. The third-order valence-electron chi connectivity index (χ3n) is 4.20. The average Bonchev–Trinajstić information content (AvgIpc) is 2.67. The highest BCUT2D eigenvalue weighted by atomic mass is 32.2. The van der Waals surface area contributed by atoms with Gasteiger partial charge in [0.15, 0.2) is 5.03 Å². The number of hydrogen-bond acceptors (Lipinski definition) is 10. The molecule has 2 heterocycles. The second kappa shape index (κ2) is 8.42. The Hall–Kier alpha value is -2.97. The Kier molecular flexibility index (Phi) is 6.10. The number of aromatic nitrogens is 1. The predicted octanol–water partition coefficient (Wildman–Crippen LogP) is -1.33. The summed E-state index contributed by atoms with van der Waals surface area (Å²) >= 11 is 0. The van der Waals surface area contributed by atoms with Crippen molar-refractivity contribution >= 4 is 34.3 Å². The number of aliphatic hydroxyl groups is 3. The summed E-state index contributed by atoms with van der Waals surface area (Å²) in [6.45, 7) is 0. The van der Waals surface area contributed by atoms with Crippen LogP contribution in [0, 0.1) is 0 Å². The number of anilines is 1. The normalized spacial score (nSPS) is 18.0. The van der Waals surface area contributed by atoms with E-state index >= 15 is 0 Å². The summed E-state index contributed by atoms with van der Waals surface area (Å²) in [5.74, 6) is -1.63. The maximum Gasteiger partial charge on any atom is 0.490 e. The smallest absolute Gasteiger partial charge is 0.490 e. The summed E-state index contributed by atoms with van der Waals surface area (Å²) in [4.78, 5) is 15.6. The molecule has 1 aliphatic heterocycles. The largest absolute Gasteiger partial charge is 0.511 e. The first-order chi connectivity index (χ1) is 14.1. The van der Waals surface area contributed by atoms with E-state index in [2.05, 4.69) is 14.4 Å². The molecular formula is C17H17BN2O9S. The summed E-state index contributed by atoms with van der Waals surface area (Å²) < 4.78 is 31.8. The molecule has 1 aromatic heterocycles. The standard InChI is InChI=1S/C17H17BN2O9S/c21-12-7-14(22)29-17(24)15(12)16(23)9-2-1-3-11(6-9)20-30(27,28)13-5-4-10(8-19-13)18(25)26/h1-6,8,14,16,20-23,25-26H,7H2. The molecule has 6 N–H and O–H groups in total. The van der Waals surface area contributed by atoms with Crippen LogP contribution in [-0.2, 0) is 19.6 Å². The molecule has 30 heavy (non-hydrogen) atoms. The summed E-state index contributed by atoms with van der Waals surface area (Å²) in [6, 6.07) is 7.71. The zero-order valence-corrected chi connectivity index (χ0v) is 16.0. The first kappa shape index (κ1) is 21.7. The van der Waals surface area contributed by atoms with Crippen molar-refractivity contribution in [3.05, 3.63) is 59.5 Å². The maximum atomic E-state index is 12.5. The third kappa shape index (κ3) is 4.61. The van der Waals surface area contributed by atoms with Crippen LogP contribution in [-0.4, -0.2) is 58.1 Å². The van der Waals surface area contributed by atoms with Crippen molar-refractivity contribution in [2.24, 2.45) is 0 Å². The zero-order valence-electron chi connectivity index (χ0n) is 15.2. The molecule has 3 rings (SSSR count). The number of ether oxygens (including phenoxy) is 1. The van der Waals surface area contributed by atoms with Gasteiger partial charge in [0.25, 0.3) is 10.0 Å². The summed E-state index contributed by atoms with van der Waals surface area (Å²) in [5, 5.41) is 47.4. The number of cyclic esters (lactones) is 1. The van der Waals surface area contributed by atoms with Crippen LogP contribution in [0.1, 0.15) is 18.1 Å². The van der Waals surface area contributed by atoms with Gasteiger partial charge in [0.2, 0.25) is 6.29 Å². The minimum absolute atomic E-state index is 0.0108. The molecule has 2 aromatic rings. The first-order valence-corrected chi connectivity index (χ1v) is 10.0. The van der Waals surface area contributed by atoms with E-state index < -0.39 is 46.8 Å². The Morgan fingerprint density at radius 2 is 1.97 bits per heavy atom. The minimum atomic E-state index is -4.14. The fourth-order valence-corrected chi connectivity index (χ4v) is 3.72. The highest BCUT2D eigenvalue weighted by Gasteiger charge is 2.33. The van der Waals surface area contributed by atoms with E-state index in [1.165, 1.54) is 30.3 Å². The van der Waals surface area contributed by atoms with Crippen LogP contribution in [0.5, 0.6) is 0 Å². The Morgan fingerprint density at radius 1 is 1.23 bits per heavy atom. The van der Waals surface area contributed by atoms with Gasteiger partial charge in [0.05, 0.1) is 6.42 Å². The van der Waals surface area contributed by atoms with Crippen molar-refractivity contribution in [3.63, 3.8) is 0 Å². The summed E-state index contributed by atoms with van der Waals surface area (Å²) in [5.41, 5.74) is -0.336. The second-order valence-electron chi connectivity index (χ2n) is 6.36. The van der Waals surface area contributed by atoms with Crippen molar-refractivity contribution in [1.82, 2.24) is 4.98 Å². The van der Waals surface area contributed by atoms with Crippen molar-refractivity contribution in [3.8, 4) is 0 Å². The highest BCUT2D eigenvalue weighted by Crippen LogP contribution is 2.31. The molecule has 0 aliphatic carbocycles. The van der Waals surface area contributed by atoms with Crippen LogP contribution in [0.25, 0.3) is 0 Å². The number of carbonyl (C=O) groups excluding carboxylic acids is 1. The average molecular weight is 436 g/mol. The highest BCUT2D eigenvalue weighted by molar-refractivity contribution is 7.92. The molecule has 2 unspecified atom stereocenters. The van der Waals surface area contributed by atoms with Gasteiger partial charge in [0.1, 0.15) is 17.4 Å². The number of esters is 1. The lowest BCUT2D eigenvalue weighted by atomic mass is 9.82. The summed E-state index contributed by atoms with van der Waals surface area (Å²) in [7, 11) is -5.94. The number of benzene rings is 1. The molecule has 11 nitrogen and oxygen atoms in total. The van der Waals surface area contributed by atoms with Crippen molar-refractivity contribution < 1.29 is 43.3 Å². The van der Waals surface area contributed by atoms with Crippen LogP contribution in [0.3, 0.4) is 0 Å². The Balaban J connectivity index is 1.85. The van der Waals surface area contributed by atoms with E-state index in [0.29, 0.717) is 0 Å². The van der Waals surface area contributed by atoms with Gasteiger partial charge in [-0.1, -0.05) is 18.2 Å². The molecule has 0 saturated heterocycles. The fourth-order valence-electron chi connectivity index (χ4n) is 2.74. The number of rotatable bonds is 6. The number of nitrogens with one attached hydrogen (secondary N) is 1. The van der Waals surface area contributed by atoms with Crippen molar-refractivity contribution in [2.75, 3.05) is 4.72 Å².